The summed E-state index contributed by atoms with van der Waals surface area (Å²) in [7, 11) is 0. The summed E-state index contributed by atoms with van der Waals surface area (Å²) < 4.78 is 0. The zero-order chi connectivity index (χ0) is 24.4. The van der Waals surface area contributed by atoms with Gasteiger partial charge in [0, 0.05) is 17.9 Å². The van der Waals surface area contributed by atoms with Crippen molar-refractivity contribution in [3.05, 3.63) is 29.8 Å². The van der Waals surface area contributed by atoms with Gasteiger partial charge < -0.3 is 31.9 Å². The molecule has 0 saturated heterocycles. The van der Waals surface area contributed by atoms with Crippen LogP contribution in [0.25, 0.3) is 0 Å². The lowest BCUT2D eigenvalue weighted by molar-refractivity contribution is -0.142. The van der Waals surface area contributed by atoms with Gasteiger partial charge in [0.25, 0.3) is 0 Å². The van der Waals surface area contributed by atoms with Crippen LogP contribution >= 0.6 is 25.3 Å². The largest absolute Gasteiger partial charge is 0.508 e. The number of hydrogen-bond donors (Lipinski definition) is 8. The minimum Gasteiger partial charge on any atom is -0.508 e. The van der Waals surface area contributed by atoms with Crippen LogP contribution < -0.4 is 21.7 Å². The van der Waals surface area contributed by atoms with Gasteiger partial charge in [-0.2, -0.15) is 25.3 Å². The molecule has 4 atom stereocenters. The molecule has 12 heteroatoms. The highest BCUT2D eigenvalue weighted by Gasteiger charge is 2.31. The first-order chi connectivity index (χ1) is 15.0. The highest BCUT2D eigenvalue weighted by atomic mass is 32.1. The number of phenols is 1. The van der Waals surface area contributed by atoms with E-state index in [1.54, 1.807) is 26.0 Å². The highest BCUT2D eigenvalue weighted by molar-refractivity contribution is 7.80. The van der Waals surface area contributed by atoms with Crippen LogP contribution in [0.2, 0.25) is 0 Å². The summed E-state index contributed by atoms with van der Waals surface area (Å²) in [5.74, 6) is -3.56. The third-order valence-electron chi connectivity index (χ3n) is 4.59. The highest BCUT2D eigenvalue weighted by Crippen LogP contribution is 2.12. The third kappa shape index (κ3) is 8.60. The van der Waals surface area contributed by atoms with E-state index in [1.165, 1.54) is 12.1 Å². The molecule has 0 aromatic heterocycles. The molecule has 0 heterocycles. The normalized spacial score (nSPS) is 14.7. The van der Waals surface area contributed by atoms with Gasteiger partial charge in [0.1, 0.15) is 23.9 Å². The molecule has 178 valence electrons. The lowest BCUT2D eigenvalue weighted by Gasteiger charge is -2.27. The average Bonchev–Trinajstić information content (AvgIpc) is 2.75. The van der Waals surface area contributed by atoms with Crippen molar-refractivity contribution in [3.8, 4) is 5.75 Å². The number of benzene rings is 1. The number of amides is 3. The molecule has 32 heavy (non-hydrogen) atoms. The maximum atomic E-state index is 13.0. The molecule has 1 aromatic carbocycles. The molecule has 0 aliphatic rings. The summed E-state index contributed by atoms with van der Waals surface area (Å²) in [4.78, 5) is 49.1. The predicted octanol–water partition coefficient (Wildman–Crippen LogP) is -0.683. The van der Waals surface area contributed by atoms with Crippen LogP contribution in [0.5, 0.6) is 5.75 Å². The predicted molar refractivity (Wildman–Crippen MR) is 126 cm³/mol. The Morgan fingerprint density at radius 2 is 1.47 bits per heavy atom. The van der Waals surface area contributed by atoms with Crippen LogP contribution in [0, 0.1) is 5.92 Å². The topological polar surface area (TPSA) is 171 Å². The van der Waals surface area contributed by atoms with E-state index >= 15 is 0 Å². The van der Waals surface area contributed by atoms with Crippen molar-refractivity contribution in [1.29, 1.82) is 0 Å². The van der Waals surface area contributed by atoms with Gasteiger partial charge in [-0.25, -0.2) is 4.79 Å². The van der Waals surface area contributed by atoms with E-state index in [1.807, 2.05) is 0 Å². The van der Waals surface area contributed by atoms with Crippen LogP contribution in [0.15, 0.2) is 24.3 Å². The smallest absolute Gasteiger partial charge is 0.327 e. The number of carbonyl (C=O) groups excluding carboxylic acids is 3. The molecular formula is C20H30N4O6S2. The summed E-state index contributed by atoms with van der Waals surface area (Å²) in [6.07, 6.45) is 0.0674. The average molecular weight is 487 g/mol. The number of carboxylic acids is 1. The monoisotopic (exact) mass is 486 g/mol. The fourth-order valence-corrected chi connectivity index (χ4v) is 3.09. The molecule has 1 aromatic rings. The zero-order valence-electron chi connectivity index (χ0n) is 17.8. The molecule has 3 amide bonds. The van der Waals surface area contributed by atoms with Crippen LogP contribution in [0.1, 0.15) is 19.4 Å². The standard InChI is InChI=1S/C20H30N4O6S2/c1-10(2)16(19(28)23-15(9-32)20(29)30)24-18(27)14(22-17(26)13(21)8-31)7-11-3-5-12(25)6-4-11/h3-6,10,13-16,25,31-32H,7-9,21H2,1-2H3,(H,22,26)(H,23,28)(H,24,27)(H,29,30). The second-order valence-corrected chi connectivity index (χ2v) is 8.26. The molecule has 4 unspecified atom stereocenters. The van der Waals surface area contributed by atoms with Crippen molar-refractivity contribution in [2.75, 3.05) is 11.5 Å². The number of thiol groups is 2. The van der Waals surface area contributed by atoms with Crippen molar-refractivity contribution in [3.63, 3.8) is 0 Å². The number of carboxylic acid groups (broad SMARTS) is 1. The molecule has 0 radical (unpaired) electrons. The Kier molecular flexibility index (Phi) is 11.4. The molecule has 0 aliphatic heterocycles. The van der Waals surface area contributed by atoms with Gasteiger partial charge in [-0.1, -0.05) is 26.0 Å². The van der Waals surface area contributed by atoms with E-state index in [-0.39, 0.29) is 29.6 Å². The van der Waals surface area contributed by atoms with Crippen molar-refractivity contribution >= 4 is 48.9 Å². The van der Waals surface area contributed by atoms with Gasteiger partial charge in [-0.05, 0) is 23.6 Å². The molecule has 10 nitrogen and oxygen atoms in total. The van der Waals surface area contributed by atoms with Gasteiger partial charge in [0.15, 0.2) is 0 Å². The molecular weight excluding hydrogens is 456 g/mol. The first kappa shape index (κ1) is 27.6. The van der Waals surface area contributed by atoms with Crippen molar-refractivity contribution < 1.29 is 29.4 Å². The minimum atomic E-state index is -1.25. The number of hydrogen-bond acceptors (Lipinski definition) is 8. The Morgan fingerprint density at radius 3 is 1.94 bits per heavy atom. The molecule has 1 rings (SSSR count). The van der Waals surface area contributed by atoms with E-state index in [0.717, 1.165) is 0 Å². The number of phenolic OH excluding ortho intramolecular Hbond substituents is 1. The maximum absolute atomic E-state index is 13.0. The van der Waals surface area contributed by atoms with Crippen molar-refractivity contribution in [1.82, 2.24) is 16.0 Å². The van der Waals surface area contributed by atoms with Gasteiger partial charge in [0.2, 0.25) is 17.7 Å². The van der Waals surface area contributed by atoms with E-state index in [4.69, 9.17) is 10.8 Å². The van der Waals surface area contributed by atoms with Gasteiger partial charge in [-0.3, -0.25) is 14.4 Å². The number of aliphatic carboxylic acids is 1. The van der Waals surface area contributed by atoms with Gasteiger partial charge in [0.05, 0.1) is 6.04 Å². The Hall–Kier alpha value is -2.44. The van der Waals surface area contributed by atoms with Gasteiger partial charge >= 0.3 is 5.97 Å². The zero-order valence-corrected chi connectivity index (χ0v) is 19.6. The second-order valence-electron chi connectivity index (χ2n) is 7.53. The number of nitrogens with two attached hydrogens (primary N) is 1. The van der Waals surface area contributed by atoms with Crippen LogP contribution in [-0.4, -0.2) is 69.6 Å². The summed E-state index contributed by atoms with van der Waals surface area (Å²) in [6.45, 7) is 3.37. The number of rotatable bonds is 12. The summed E-state index contributed by atoms with van der Waals surface area (Å²) >= 11 is 7.90. The van der Waals surface area contributed by atoms with Crippen molar-refractivity contribution in [2.24, 2.45) is 11.7 Å². The number of nitrogens with one attached hydrogen (secondary N) is 3. The fraction of sp³-hybridized carbons (Fsp3) is 0.500. The van der Waals surface area contributed by atoms with Gasteiger partial charge in [-0.15, -0.1) is 0 Å². The quantitative estimate of drug-likeness (QED) is 0.181. The lowest BCUT2D eigenvalue weighted by Crippen LogP contribution is -2.59. The Bertz CT molecular complexity index is 806. The molecule has 0 bridgehead atoms. The number of aromatic hydroxyl groups is 1. The maximum Gasteiger partial charge on any atom is 0.327 e. The SMILES string of the molecule is CC(C)C(NC(=O)C(Cc1ccc(O)cc1)NC(=O)C(N)CS)C(=O)NC(CS)C(=O)O. The van der Waals surface area contributed by atoms with Crippen LogP contribution in [0.4, 0.5) is 0 Å². The van der Waals surface area contributed by atoms with E-state index in [0.29, 0.717) is 5.56 Å². The van der Waals surface area contributed by atoms with Crippen molar-refractivity contribution in [2.45, 2.75) is 44.4 Å². The minimum absolute atomic E-state index is 0.0459. The molecule has 0 fully saturated rings. The van der Waals surface area contributed by atoms with Crippen LogP contribution in [-0.2, 0) is 25.6 Å². The summed E-state index contributed by atoms with van der Waals surface area (Å²) in [5, 5.41) is 26.1. The Labute approximate surface area is 197 Å². The van der Waals surface area contributed by atoms with E-state index in [9.17, 15) is 24.3 Å². The second kappa shape index (κ2) is 13.2. The number of carbonyl (C=O) groups is 4. The molecule has 0 spiro atoms. The molecule has 0 saturated carbocycles. The van der Waals surface area contributed by atoms with E-state index < -0.39 is 47.9 Å². The molecule has 7 N–H and O–H groups in total. The lowest BCUT2D eigenvalue weighted by atomic mass is 10.0. The first-order valence-corrected chi connectivity index (χ1v) is 11.2. The Morgan fingerprint density at radius 1 is 0.906 bits per heavy atom. The summed E-state index contributed by atoms with van der Waals surface area (Å²) in [6, 6.07) is 1.79. The third-order valence-corrected chi connectivity index (χ3v) is 5.35. The summed E-state index contributed by atoms with van der Waals surface area (Å²) in [5.41, 5.74) is 6.34. The Balaban J connectivity index is 3.05. The van der Waals surface area contributed by atoms with Crippen LogP contribution in [0.3, 0.4) is 0 Å². The van der Waals surface area contributed by atoms with E-state index in [2.05, 4.69) is 41.2 Å². The molecule has 0 aliphatic carbocycles. The fourth-order valence-electron chi connectivity index (χ4n) is 2.67. The first-order valence-electron chi connectivity index (χ1n) is 9.89.